The van der Waals surface area contributed by atoms with E-state index >= 15 is 0 Å². The van der Waals surface area contributed by atoms with Crippen LogP contribution < -0.4 is 0 Å². The fraction of sp³-hybridized carbons (Fsp3) is 0.667. The second-order valence-electron chi connectivity index (χ2n) is 1.81. The molecule has 0 bridgehead atoms. The number of hydrogen-bond donors (Lipinski definition) is 0. The van der Waals surface area contributed by atoms with E-state index in [0.717, 1.165) is 0 Å². The van der Waals surface area contributed by atoms with Crippen LogP contribution in [0.1, 0.15) is 12.8 Å². The number of hydrogen-bond acceptors (Lipinski definition) is 1. The van der Waals surface area contributed by atoms with Crippen LogP contribution in [0.3, 0.4) is 0 Å². The van der Waals surface area contributed by atoms with E-state index in [1.54, 1.807) is 0 Å². The molecule has 0 aliphatic carbocycles. The van der Waals surface area contributed by atoms with Gasteiger partial charge in [-0.2, -0.15) is 6.42 Å². The van der Waals surface area contributed by atoms with Crippen LogP contribution in [0.5, 0.6) is 0 Å². The Morgan fingerprint density at radius 3 is 2.00 bits per heavy atom. The van der Waals surface area contributed by atoms with Gasteiger partial charge in [0.2, 0.25) is 0 Å². The van der Waals surface area contributed by atoms with Crippen molar-refractivity contribution in [1.82, 2.24) is 4.90 Å². The molecule has 0 aromatic heterocycles. The van der Waals surface area contributed by atoms with E-state index in [4.69, 9.17) is 0 Å². The van der Waals surface area contributed by atoms with Gasteiger partial charge in [-0.05, 0) is 13.6 Å². The molecule has 0 aromatic carbocycles. The largest absolute Gasteiger partial charge is 0.459 e. The Kier molecular flexibility index (Phi) is 16.5. The zero-order valence-electron chi connectivity index (χ0n) is 5.81. The van der Waals surface area contributed by atoms with Crippen molar-refractivity contribution in [2.75, 3.05) is 13.6 Å². The van der Waals surface area contributed by atoms with Gasteiger partial charge in [0.25, 0.3) is 0 Å². The second kappa shape index (κ2) is 8.97. The smallest absolute Gasteiger partial charge is 0 e. The van der Waals surface area contributed by atoms with Gasteiger partial charge >= 0.3 is 0 Å². The zero-order chi connectivity index (χ0) is 4.41. The molecule has 3 heteroatoms. The fourth-order valence-corrected chi connectivity index (χ4v) is 0.744. The molecule has 9 heavy (non-hydrogen) atoms. The van der Waals surface area contributed by atoms with Crippen LogP contribution in [0, 0.1) is 14.0 Å². The Morgan fingerprint density at radius 2 is 1.89 bits per heavy atom. The number of likely N-dealkylation sites (tertiary alicyclic amines) is 1. The third kappa shape index (κ3) is 6.86. The number of nitrogens with zero attached hydrogens (tertiary/aromatic N) is 1. The van der Waals surface area contributed by atoms with E-state index in [2.05, 4.69) is 18.5 Å². The molecule has 1 heterocycles. The molecule has 0 spiro atoms. The topological polar surface area (TPSA) is 3.24 Å². The molecule has 1 aliphatic heterocycles. The van der Waals surface area contributed by atoms with Crippen molar-refractivity contribution in [2.45, 2.75) is 12.8 Å². The minimum atomic E-state index is 0. The fourth-order valence-electron chi connectivity index (χ4n) is 0.744. The van der Waals surface area contributed by atoms with E-state index < -0.39 is 0 Å². The Bertz CT molecular complexity index is 44.3. The molecule has 0 N–H and O–H groups in total. The third-order valence-corrected chi connectivity index (χ3v) is 1.16. The van der Waals surface area contributed by atoms with E-state index in [9.17, 15) is 0 Å². The van der Waals surface area contributed by atoms with Crippen LogP contribution in [0.4, 0.5) is 0 Å². The first kappa shape index (κ1) is 16.5. The second-order valence-corrected chi connectivity index (χ2v) is 1.81. The monoisotopic (exact) mass is 217 g/mol. The summed E-state index contributed by atoms with van der Waals surface area (Å²) in [5.74, 6) is 0. The van der Waals surface area contributed by atoms with E-state index in [0.29, 0.717) is 0 Å². The Hall–Kier alpha value is 0.973. The molecular formula is C6H13Co2N-2. The van der Waals surface area contributed by atoms with Crippen LogP contribution >= 0.6 is 0 Å². The van der Waals surface area contributed by atoms with E-state index in [1.807, 2.05) is 0 Å². The molecule has 0 unspecified atom stereocenters. The molecule has 1 aliphatic rings. The summed E-state index contributed by atoms with van der Waals surface area (Å²) < 4.78 is 0. The Balaban J connectivity index is -0.000000120. The van der Waals surface area contributed by atoms with Crippen molar-refractivity contribution in [3.8, 4) is 0 Å². The minimum absolute atomic E-state index is 0. The molecule has 2 radical (unpaired) electrons. The summed E-state index contributed by atoms with van der Waals surface area (Å²) in [4.78, 5) is 2.24. The van der Waals surface area contributed by atoms with Gasteiger partial charge in [-0.1, -0.05) is 6.42 Å². The first-order valence-corrected chi connectivity index (χ1v) is 2.43. The molecule has 0 saturated carbocycles. The van der Waals surface area contributed by atoms with Crippen LogP contribution in [0.15, 0.2) is 0 Å². The molecule has 0 atom stereocenters. The average Bonchev–Trinajstić information content (AvgIpc) is 1.86. The molecule has 62 valence electrons. The van der Waals surface area contributed by atoms with Gasteiger partial charge in [0.05, 0.1) is 0 Å². The van der Waals surface area contributed by atoms with Gasteiger partial charge in [-0.15, -0.1) is 0 Å². The summed E-state index contributed by atoms with van der Waals surface area (Å²) in [6.45, 7) is 3.50. The van der Waals surface area contributed by atoms with Crippen molar-refractivity contribution < 1.29 is 33.6 Å². The first-order chi connectivity index (χ1) is 2.89. The number of rotatable bonds is 0. The van der Waals surface area contributed by atoms with Crippen molar-refractivity contribution in [2.24, 2.45) is 0 Å². The van der Waals surface area contributed by atoms with Crippen molar-refractivity contribution in [3.63, 3.8) is 0 Å². The van der Waals surface area contributed by atoms with E-state index in [1.165, 1.54) is 19.4 Å². The summed E-state index contributed by atoms with van der Waals surface area (Å²) in [6, 6.07) is 0. The summed E-state index contributed by atoms with van der Waals surface area (Å²) in [7, 11) is 2.12. The molecule has 0 aromatic rings. The van der Waals surface area contributed by atoms with Crippen molar-refractivity contribution in [1.29, 1.82) is 0 Å². The minimum Gasteiger partial charge on any atom is -0.459 e. The molecular weight excluding hydrogens is 204 g/mol. The van der Waals surface area contributed by atoms with Crippen molar-refractivity contribution in [3.05, 3.63) is 14.0 Å². The molecule has 0 amide bonds. The summed E-state index contributed by atoms with van der Waals surface area (Å²) in [5, 5.41) is 0. The van der Waals surface area contributed by atoms with Gasteiger partial charge < -0.3 is 12.3 Å². The Morgan fingerprint density at radius 1 is 1.33 bits per heavy atom. The van der Waals surface area contributed by atoms with Crippen LogP contribution in [-0.4, -0.2) is 18.5 Å². The van der Waals surface area contributed by atoms with Crippen molar-refractivity contribution >= 4 is 0 Å². The third-order valence-electron chi connectivity index (χ3n) is 1.16. The van der Waals surface area contributed by atoms with Crippen LogP contribution in [-0.2, 0) is 33.6 Å². The predicted molar refractivity (Wildman–Crippen MR) is 32.6 cm³/mol. The zero-order valence-corrected chi connectivity index (χ0v) is 7.89. The summed E-state index contributed by atoms with van der Waals surface area (Å²) in [6.07, 6.45) is 2.65. The first-order valence-electron chi connectivity index (χ1n) is 2.43. The molecule has 1 rings (SSSR count). The van der Waals surface area contributed by atoms with E-state index in [-0.39, 0.29) is 41.0 Å². The SMILES string of the molecule is CN1[CH-]CCC1.[CH3-].[Co].[Co]. The quantitative estimate of drug-likeness (QED) is 0.553. The predicted octanol–water partition coefficient (Wildman–Crippen LogP) is 1.32. The molecule has 1 nitrogen and oxygen atoms in total. The molecule has 1 fully saturated rings. The van der Waals surface area contributed by atoms with Gasteiger partial charge in [-0.3, -0.25) is 6.54 Å². The van der Waals surface area contributed by atoms with Gasteiger partial charge in [0.1, 0.15) is 0 Å². The standard InChI is InChI=1S/C5H10N.CH3.2Co/c1-6-4-2-3-5-6;;;/h4H,2-3,5H2,1H3;1H3;;/q2*-1;;. The van der Waals surface area contributed by atoms with Gasteiger partial charge in [-0.25, -0.2) is 0 Å². The Labute approximate surface area is 79.0 Å². The summed E-state index contributed by atoms with van der Waals surface area (Å²) in [5.41, 5.74) is 0. The molecule has 1 saturated heterocycles. The maximum Gasteiger partial charge on any atom is 0 e. The normalized spacial score (nSPS) is 17.0. The van der Waals surface area contributed by atoms with Gasteiger partial charge in [0, 0.05) is 33.6 Å². The maximum atomic E-state index is 2.24. The average molecular weight is 217 g/mol. The maximum absolute atomic E-state index is 2.24. The summed E-state index contributed by atoms with van der Waals surface area (Å²) >= 11 is 0. The van der Waals surface area contributed by atoms with Gasteiger partial charge in [0.15, 0.2) is 0 Å². The van der Waals surface area contributed by atoms with Crippen LogP contribution in [0.25, 0.3) is 0 Å². The van der Waals surface area contributed by atoms with Crippen LogP contribution in [0.2, 0.25) is 0 Å².